The maximum Gasteiger partial charge on any atom is 0.200 e. The first kappa shape index (κ1) is 13.3. The number of aromatic amines is 1. The summed E-state index contributed by atoms with van der Waals surface area (Å²) in [5.74, 6) is 1.15. The van der Waals surface area contributed by atoms with Crippen LogP contribution < -0.4 is 0 Å². The molecule has 4 aromatic heterocycles. The maximum absolute atomic E-state index is 4.59. The molecule has 23 heavy (non-hydrogen) atoms. The van der Waals surface area contributed by atoms with E-state index in [1.165, 1.54) is 0 Å². The van der Waals surface area contributed by atoms with E-state index in [0.29, 0.717) is 17.3 Å². The van der Waals surface area contributed by atoms with E-state index in [0.717, 1.165) is 17.1 Å². The fourth-order valence-corrected chi connectivity index (χ4v) is 2.21. The molecule has 0 bridgehead atoms. The largest absolute Gasteiger partial charge is 0.257 e. The van der Waals surface area contributed by atoms with Gasteiger partial charge < -0.3 is 0 Å². The molecule has 4 heterocycles. The fourth-order valence-electron chi connectivity index (χ4n) is 2.21. The monoisotopic (exact) mass is 300 g/mol. The molecule has 6 nitrogen and oxygen atoms in total. The highest BCUT2D eigenvalue weighted by atomic mass is 15.2. The van der Waals surface area contributed by atoms with E-state index in [-0.39, 0.29) is 0 Å². The number of hydrogen-bond donors (Lipinski definition) is 1. The molecule has 0 fully saturated rings. The average molecular weight is 300 g/mol. The van der Waals surface area contributed by atoms with Crippen LogP contribution in [0.5, 0.6) is 0 Å². The van der Waals surface area contributed by atoms with Crippen LogP contribution in [0.1, 0.15) is 0 Å². The van der Waals surface area contributed by atoms with E-state index in [1.54, 1.807) is 12.4 Å². The van der Waals surface area contributed by atoms with Crippen LogP contribution in [-0.4, -0.2) is 30.1 Å². The molecule has 4 rings (SSSR count). The van der Waals surface area contributed by atoms with Gasteiger partial charge in [-0.15, -0.1) is 0 Å². The Balaban J connectivity index is 1.71. The first-order valence-electron chi connectivity index (χ1n) is 7.13. The summed E-state index contributed by atoms with van der Waals surface area (Å²) in [6.45, 7) is 0. The molecule has 110 valence electrons. The van der Waals surface area contributed by atoms with Crippen molar-refractivity contribution in [1.29, 1.82) is 0 Å². The van der Waals surface area contributed by atoms with Crippen molar-refractivity contribution in [2.45, 2.75) is 0 Å². The molecule has 1 N–H and O–H groups in total. The number of nitrogens with zero attached hydrogens (tertiary/aromatic N) is 5. The van der Waals surface area contributed by atoms with Crippen molar-refractivity contribution >= 4 is 0 Å². The van der Waals surface area contributed by atoms with Gasteiger partial charge in [-0.25, -0.2) is 9.97 Å². The number of rotatable bonds is 3. The zero-order valence-electron chi connectivity index (χ0n) is 12.1. The quantitative estimate of drug-likeness (QED) is 0.629. The average Bonchev–Trinajstić information content (AvgIpc) is 3.14. The van der Waals surface area contributed by atoms with E-state index in [9.17, 15) is 0 Å². The van der Waals surface area contributed by atoms with E-state index in [2.05, 4.69) is 30.1 Å². The topological polar surface area (TPSA) is 80.2 Å². The van der Waals surface area contributed by atoms with Gasteiger partial charge in [0.25, 0.3) is 0 Å². The Kier molecular flexibility index (Phi) is 3.32. The van der Waals surface area contributed by atoms with E-state index < -0.39 is 0 Å². The normalized spacial score (nSPS) is 10.6. The third kappa shape index (κ3) is 2.69. The van der Waals surface area contributed by atoms with Crippen molar-refractivity contribution in [2.24, 2.45) is 0 Å². The highest BCUT2D eigenvalue weighted by Gasteiger charge is 2.10. The first-order valence-corrected chi connectivity index (χ1v) is 7.13. The maximum atomic E-state index is 4.59. The molecule has 0 spiro atoms. The Morgan fingerprint density at radius 3 is 2.04 bits per heavy atom. The van der Waals surface area contributed by atoms with Gasteiger partial charge in [-0.05, 0) is 36.4 Å². The van der Waals surface area contributed by atoms with Gasteiger partial charge in [-0.1, -0.05) is 18.2 Å². The standard InChI is InChI=1S/C17H12N6/c1-3-10-18-12(6-1)13-8-5-9-15(20-13)17-21-16(22-23-17)14-7-2-4-11-19-14/h1-11H,(H,21,22,23). The summed E-state index contributed by atoms with van der Waals surface area (Å²) < 4.78 is 0. The highest BCUT2D eigenvalue weighted by molar-refractivity contribution is 5.61. The van der Waals surface area contributed by atoms with Crippen molar-refractivity contribution in [1.82, 2.24) is 30.1 Å². The lowest BCUT2D eigenvalue weighted by molar-refractivity contribution is 1.08. The van der Waals surface area contributed by atoms with E-state index in [1.807, 2.05) is 54.6 Å². The van der Waals surface area contributed by atoms with Gasteiger partial charge in [0.2, 0.25) is 0 Å². The molecule has 0 atom stereocenters. The Morgan fingerprint density at radius 1 is 0.609 bits per heavy atom. The fraction of sp³-hybridized carbons (Fsp3) is 0. The molecule has 0 unspecified atom stereocenters. The molecule has 0 amide bonds. The predicted octanol–water partition coefficient (Wildman–Crippen LogP) is 2.99. The Hall–Kier alpha value is -3.41. The van der Waals surface area contributed by atoms with Crippen LogP contribution in [0.15, 0.2) is 67.0 Å². The molecule has 0 aliphatic rings. The van der Waals surface area contributed by atoms with E-state index in [4.69, 9.17) is 0 Å². The number of H-pyrrole nitrogens is 1. The van der Waals surface area contributed by atoms with Crippen molar-refractivity contribution in [3.8, 4) is 34.4 Å². The number of hydrogen-bond acceptors (Lipinski definition) is 5. The minimum atomic E-state index is 0.531. The molecular formula is C17H12N6. The van der Waals surface area contributed by atoms with Gasteiger partial charge in [0.15, 0.2) is 11.6 Å². The summed E-state index contributed by atoms with van der Waals surface area (Å²) in [7, 11) is 0. The molecule has 0 radical (unpaired) electrons. The predicted molar refractivity (Wildman–Crippen MR) is 86.1 cm³/mol. The number of aromatic nitrogens is 6. The first-order chi connectivity index (χ1) is 11.4. The van der Waals surface area contributed by atoms with Gasteiger partial charge in [0, 0.05) is 12.4 Å². The van der Waals surface area contributed by atoms with Crippen LogP contribution in [-0.2, 0) is 0 Å². The lowest BCUT2D eigenvalue weighted by Crippen LogP contribution is -1.91. The van der Waals surface area contributed by atoms with Crippen LogP contribution in [0, 0.1) is 0 Å². The zero-order chi connectivity index (χ0) is 15.5. The van der Waals surface area contributed by atoms with Crippen LogP contribution in [0.3, 0.4) is 0 Å². The smallest absolute Gasteiger partial charge is 0.200 e. The molecule has 0 saturated heterocycles. The van der Waals surface area contributed by atoms with Gasteiger partial charge in [0.1, 0.15) is 11.4 Å². The zero-order valence-corrected chi connectivity index (χ0v) is 12.1. The molecular weight excluding hydrogens is 288 g/mol. The van der Waals surface area contributed by atoms with Crippen molar-refractivity contribution in [2.75, 3.05) is 0 Å². The summed E-state index contributed by atoms with van der Waals surface area (Å²) in [6.07, 6.45) is 3.47. The molecule has 0 aliphatic heterocycles. The molecule has 0 saturated carbocycles. The lowest BCUT2D eigenvalue weighted by Gasteiger charge is -2.01. The summed E-state index contributed by atoms with van der Waals surface area (Å²) in [5.41, 5.74) is 3.03. The molecule has 6 heteroatoms. The third-order valence-electron chi connectivity index (χ3n) is 3.30. The third-order valence-corrected chi connectivity index (χ3v) is 3.30. The Labute approximate surface area is 132 Å². The van der Waals surface area contributed by atoms with Gasteiger partial charge in [0.05, 0.1) is 11.4 Å². The number of pyridine rings is 3. The van der Waals surface area contributed by atoms with Gasteiger partial charge in [-0.2, -0.15) is 5.10 Å². The summed E-state index contributed by atoms with van der Waals surface area (Å²) in [4.78, 5) is 17.6. The van der Waals surface area contributed by atoms with Gasteiger partial charge in [-0.3, -0.25) is 15.1 Å². The lowest BCUT2D eigenvalue weighted by atomic mass is 10.2. The van der Waals surface area contributed by atoms with E-state index >= 15 is 0 Å². The van der Waals surface area contributed by atoms with Crippen molar-refractivity contribution in [3.63, 3.8) is 0 Å². The Bertz CT molecular complexity index is 918. The molecule has 4 aromatic rings. The highest BCUT2D eigenvalue weighted by Crippen LogP contribution is 2.20. The van der Waals surface area contributed by atoms with Crippen LogP contribution in [0.2, 0.25) is 0 Å². The Morgan fingerprint density at radius 2 is 1.30 bits per heavy atom. The molecule has 0 aromatic carbocycles. The van der Waals surface area contributed by atoms with Crippen molar-refractivity contribution in [3.05, 3.63) is 67.0 Å². The van der Waals surface area contributed by atoms with Crippen LogP contribution in [0.4, 0.5) is 0 Å². The summed E-state index contributed by atoms with van der Waals surface area (Å²) in [6, 6.07) is 17.1. The minimum Gasteiger partial charge on any atom is -0.257 e. The van der Waals surface area contributed by atoms with Crippen LogP contribution >= 0.6 is 0 Å². The van der Waals surface area contributed by atoms with Crippen LogP contribution in [0.25, 0.3) is 34.4 Å². The SMILES string of the molecule is c1ccc(-c2cccc(-c3n[nH]c(-c4ccccn4)n3)n2)nc1. The second-order valence-electron chi connectivity index (χ2n) is 4.85. The second kappa shape index (κ2) is 5.76. The van der Waals surface area contributed by atoms with Gasteiger partial charge >= 0.3 is 0 Å². The minimum absolute atomic E-state index is 0.531. The van der Waals surface area contributed by atoms with Crippen molar-refractivity contribution < 1.29 is 0 Å². The summed E-state index contributed by atoms with van der Waals surface area (Å²) in [5, 5.41) is 7.14. The summed E-state index contributed by atoms with van der Waals surface area (Å²) >= 11 is 0. The molecule has 0 aliphatic carbocycles. The number of nitrogens with one attached hydrogen (secondary N) is 1. The second-order valence-corrected chi connectivity index (χ2v) is 4.85.